The summed E-state index contributed by atoms with van der Waals surface area (Å²) < 4.78 is 0. The molecule has 84 valence electrons. The van der Waals surface area contributed by atoms with E-state index in [9.17, 15) is 4.79 Å². The van der Waals surface area contributed by atoms with Gasteiger partial charge in [-0.25, -0.2) is 0 Å². The minimum atomic E-state index is 0. The molecule has 3 heteroatoms. The lowest BCUT2D eigenvalue weighted by Crippen LogP contribution is -2.18. The van der Waals surface area contributed by atoms with Crippen LogP contribution in [0.5, 0.6) is 0 Å². The maximum Gasteiger partial charge on any atom is 0.217 e. The van der Waals surface area contributed by atoms with Crippen LogP contribution in [0.2, 0.25) is 0 Å². The lowest BCUT2D eigenvalue weighted by atomic mass is 10.0. The molecule has 0 aliphatic rings. The molecule has 0 saturated carbocycles. The van der Waals surface area contributed by atoms with Gasteiger partial charge in [0.2, 0.25) is 5.91 Å². The summed E-state index contributed by atoms with van der Waals surface area (Å²) in [7, 11) is 0. The molecule has 0 radical (unpaired) electrons. The first-order valence-corrected chi connectivity index (χ1v) is 4.98. The third-order valence-corrected chi connectivity index (χ3v) is 2.41. The third-order valence-electron chi connectivity index (χ3n) is 2.41. The van der Waals surface area contributed by atoms with Crippen LogP contribution in [0.3, 0.4) is 0 Å². The predicted molar refractivity (Wildman–Crippen MR) is 68.7 cm³/mol. The van der Waals surface area contributed by atoms with Gasteiger partial charge in [-0.1, -0.05) is 42.5 Å². The van der Waals surface area contributed by atoms with E-state index >= 15 is 0 Å². The molecule has 16 heavy (non-hydrogen) atoms. The second-order valence-electron chi connectivity index (χ2n) is 3.55. The number of halogens is 1. The van der Waals surface area contributed by atoms with E-state index < -0.39 is 0 Å². The second-order valence-corrected chi connectivity index (χ2v) is 3.55. The van der Waals surface area contributed by atoms with E-state index in [2.05, 4.69) is 23.5 Å². The second kappa shape index (κ2) is 5.52. The van der Waals surface area contributed by atoms with Crippen molar-refractivity contribution in [1.82, 2.24) is 5.32 Å². The molecule has 0 spiro atoms. The molecular formula is C13H14ClNO. The van der Waals surface area contributed by atoms with Crippen molar-refractivity contribution in [3.05, 3.63) is 48.0 Å². The van der Waals surface area contributed by atoms with Crippen LogP contribution in [-0.2, 0) is 11.3 Å². The van der Waals surface area contributed by atoms with Gasteiger partial charge < -0.3 is 5.32 Å². The molecule has 0 saturated heterocycles. The molecule has 0 fully saturated rings. The lowest BCUT2D eigenvalue weighted by molar-refractivity contribution is -0.119. The van der Waals surface area contributed by atoms with Gasteiger partial charge in [0, 0.05) is 13.5 Å². The Bertz CT molecular complexity index is 491. The summed E-state index contributed by atoms with van der Waals surface area (Å²) in [6.07, 6.45) is 0. The quantitative estimate of drug-likeness (QED) is 0.852. The first-order valence-electron chi connectivity index (χ1n) is 4.98. The summed E-state index contributed by atoms with van der Waals surface area (Å²) in [6, 6.07) is 14.3. The molecule has 0 aliphatic carbocycles. The first kappa shape index (κ1) is 12.5. The zero-order valence-corrected chi connectivity index (χ0v) is 9.88. The fourth-order valence-electron chi connectivity index (χ4n) is 1.67. The maximum atomic E-state index is 10.8. The van der Waals surface area contributed by atoms with E-state index in [-0.39, 0.29) is 18.3 Å². The highest BCUT2D eigenvalue weighted by Gasteiger charge is 1.99. The predicted octanol–water partition coefficient (Wildman–Crippen LogP) is 2.90. The van der Waals surface area contributed by atoms with Gasteiger partial charge in [-0.3, -0.25) is 4.79 Å². The van der Waals surface area contributed by atoms with E-state index in [4.69, 9.17) is 0 Å². The molecule has 2 rings (SSSR count). The minimum Gasteiger partial charge on any atom is -0.352 e. The van der Waals surface area contributed by atoms with E-state index in [1.807, 2.05) is 24.3 Å². The van der Waals surface area contributed by atoms with Crippen molar-refractivity contribution in [3.63, 3.8) is 0 Å². The molecular weight excluding hydrogens is 222 g/mol. The number of carbonyl (C=O) groups is 1. The number of fused-ring (bicyclic) bond motifs is 1. The van der Waals surface area contributed by atoms with Crippen LogP contribution in [0.25, 0.3) is 10.8 Å². The van der Waals surface area contributed by atoms with Gasteiger partial charge in [-0.05, 0) is 16.3 Å². The summed E-state index contributed by atoms with van der Waals surface area (Å²) >= 11 is 0. The molecule has 0 aromatic heterocycles. The monoisotopic (exact) mass is 235 g/mol. The Kier molecular flexibility index (Phi) is 4.32. The summed E-state index contributed by atoms with van der Waals surface area (Å²) in [4.78, 5) is 10.8. The minimum absolute atomic E-state index is 0. The number of benzene rings is 2. The third kappa shape index (κ3) is 2.74. The summed E-state index contributed by atoms with van der Waals surface area (Å²) in [5.74, 6) is 0.00272. The van der Waals surface area contributed by atoms with E-state index in [1.54, 1.807) is 0 Å². The van der Waals surface area contributed by atoms with Crippen LogP contribution in [0, 0.1) is 0 Å². The van der Waals surface area contributed by atoms with Gasteiger partial charge in [0.05, 0.1) is 0 Å². The Balaban J connectivity index is 0.00000128. The first-order chi connectivity index (χ1) is 7.27. The topological polar surface area (TPSA) is 29.1 Å². The molecule has 0 aliphatic heterocycles. The van der Waals surface area contributed by atoms with Gasteiger partial charge in [0.1, 0.15) is 0 Å². The van der Waals surface area contributed by atoms with Crippen molar-refractivity contribution in [1.29, 1.82) is 0 Å². The zero-order valence-electron chi connectivity index (χ0n) is 9.07. The Labute approximate surface area is 101 Å². The van der Waals surface area contributed by atoms with Crippen LogP contribution < -0.4 is 5.32 Å². The van der Waals surface area contributed by atoms with Gasteiger partial charge >= 0.3 is 0 Å². The molecule has 0 heterocycles. The Morgan fingerprint density at radius 2 is 1.81 bits per heavy atom. The molecule has 2 aromatic rings. The molecule has 0 bridgehead atoms. The van der Waals surface area contributed by atoms with Crippen molar-refractivity contribution in [2.75, 3.05) is 0 Å². The summed E-state index contributed by atoms with van der Waals surface area (Å²) in [5, 5.41) is 5.23. The van der Waals surface area contributed by atoms with Crippen molar-refractivity contribution < 1.29 is 4.79 Å². The number of amides is 1. The van der Waals surface area contributed by atoms with Crippen LogP contribution >= 0.6 is 12.4 Å². The van der Waals surface area contributed by atoms with Crippen molar-refractivity contribution >= 4 is 29.1 Å². The van der Waals surface area contributed by atoms with Crippen molar-refractivity contribution in [2.24, 2.45) is 0 Å². The van der Waals surface area contributed by atoms with E-state index in [0.717, 1.165) is 5.56 Å². The van der Waals surface area contributed by atoms with Gasteiger partial charge in [-0.15, -0.1) is 12.4 Å². The lowest BCUT2D eigenvalue weighted by Gasteiger charge is -2.06. The van der Waals surface area contributed by atoms with Crippen LogP contribution in [0.15, 0.2) is 42.5 Å². The number of carbonyl (C=O) groups excluding carboxylic acids is 1. The van der Waals surface area contributed by atoms with Gasteiger partial charge in [0.25, 0.3) is 0 Å². The zero-order chi connectivity index (χ0) is 10.7. The molecule has 2 aromatic carbocycles. The number of hydrogen-bond donors (Lipinski definition) is 1. The molecule has 0 unspecified atom stereocenters. The fraction of sp³-hybridized carbons (Fsp3) is 0.154. The standard InChI is InChI=1S/C13H13NO.ClH/c1-10(15)14-9-12-7-4-6-11-5-2-3-8-13(11)12;/h2-8H,9H2,1H3,(H,14,15);1H. The van der Waals surface area contributed by atoms with Crippen molar-refractivity contribution in [3.8, 4) is 0 Å². The Hall–Kier alpha value is -1.54. The fourth-order valence-corrected chi connectivity index (χ4v) is 1.67. The highest BCUT2D eigenvalue weighted by atomic mass is 35.5. The van der Waals surface area contributed by atoms with Crippen LogP contribution in [0.4, 0.5) is 0 Å². The Morgan fingerprint density at radius 3 is 2.56 bits per heavy atom. The van der Waals surface area contributed by atoms with Gasteiger partial charge in [-0.2, -0.15) is 0 Å². The van der Waals surface area contributed by atoms with Gasteiger partial charge in [0.15, 0.2) is 0 Å². The molecule has 1 N–H and O–H groups in total. The van der Waals surface area contributed by atoms with Crippen LogP contribution in [-0.4, -0.2) is 5.91 Å². The summed E-state index contributed by atoms with van der Waals surface area (Å²) in [6.45, 7) is 2.13. The normalized spacial score (nSPS) is 9.56. The van der Waals surface area contributed by atoms with Crippen LogP contribution in [0.1, 0.15) is 12.5 Å². The Morgan fingerprint density at radius 1 is 1.12 bits per heavy atom. The molecule has 1 amide bonds. The SMILES string of the molecule is CC(=O)NCc1cccc2ccccc12.Cl. The van der Waals surface area contributed by atoms with Crippen molar-refractivity contribution in [2.45, 2.75) is 13.5 Å². The number of rotatable bonds is 2. The number of nitrogens with one attached hydrogen (secondary N) is 1. The number of hydrogen-bond acceptors (Lipinski definition) is 1. The maximum absolute atomic E-state index is 10.8. The highest BCUT2D eigenvalue weighted by molar-refractivity contribution is 5.86. The molecule has 2 nitrogen and oxygen atoms in total. The average molecular weight is 236 g/mol. The molecule has 0 atom stereocenters. The highest BCUT2D eigenvalue weighted by Crippen LogP contribution is 2.17. The van der Waals surface area contributed by atoms with E-state index in [0.29, 0.717) is 6.54 Å². The smallest absolute Gasteiger partial charge is 0.217 e. The largest absolute Gasteiger partial charge is 0.352 e. The average Bonchev–Trinajstić information content (AvgIpc) is 2.26. The van der Waals surface area contributed by atoms with E-state index in [1.165, 1.54) is 17.7 Å². The summed E-state index contributed by atoms with van der Waals surface area (Å²) in [5.41, 5.74) is 1.16.